The van der Waals surface area contributed by atoms with E-state index in [1.807, 2.05) is 6.07 Å². The summed E-state index contributed by atoms with van der Waals surface area (Å²) in [6.07, 6.45) is 2.79. The third-order valence-corrected chi connectivity index (χ3v) is 1.37. The van der Waals surface area contributed by atoms with Crippen LogP contribution in [0.5, 0.6) is 0 Å². The van der Waals surface area contributed by atoms with Crippen molar-refractivity contribution < 1.29 is 0 Å². The molecule has 0 fully saturated rings. The molecule has 0 unspecified atom stereocenters. The molecule has 1 heteroatoms. The fourth-order valence-corrected chi connectivity index (χ4v) is 0.793. The number of aromatic nitrogens is 1. The van der Waals surface area contributed by atoms with Crippen molar-refractivity contribution in [2.75, 3.05) is 0 Å². The molecule has 9 heavy (non-hydrogen) atoms. The van der Waals surface area contributed by atoms with Crippen LogP contribution in [0.3, 0.4) is 0 Å². The average molecular weight is 120 g/mol. The van der Waals surface area contributed by atoms with Crippen LogP contribution in [0.1, 0.15) is 18.2 Å². The van der Waals surface area contributed by atoms with E-state index in [1.165, 1.54) is 5.56 Å². The SMILES string of the molecule is [CH2]c1ncccc1CC. The van der Waals surface area contributed by atoms with Crippen LogP contribution in [0.4, 0.5) is 0 Å². The topological polar surface area (TPSA) is 12.9 Å². The first-order valence-electron chi connectivity index (χ1n) is 3.10. The predicted octanol–water partition coefficient (Wildman–Crippen LogP) is 1.83. The molecule has 1 aromatic heterocycles. The summed E-state index contributed by atoms with van der Waals surface area (Å²) in [5.74, 6) is 0. The molecule has 47 valence electrons. The second kappa shape index (κ2) is 2.62. The highest BCUT2D eigenvalue weighted by atomic mass is 14.7. The summed E-state index contributed by atoms with van der Waals surface area (Å²) in [6, 6.07) is 3.99. The molecule has 0 N–H and O–H groups in total. The number of hydrogen-bond donors (Lipinski definition) is 0. The number of pyridine rings is 1. The quantitative estimate of drug-likeness (QED) is 0.551. The van der Waals surface area contributed by atoms with Crippen molar-refractivity contribution in [1.29, 1.82) is 0 Å². The highest BCUT2D eigenvalue weighted by molar-refractivity contribution is 5.21. The molecule has 0 bridgehead atoms. The van der Waals surface area contributed by atoms with Gasteiger partial charge in [0.25, 0.3) is 0 Å². The van der Waals surface area contributed by atoms with Crippen LogP contribution in [0.2, 0.25) is 0 Å². The van der Waals surface area contributed by atoms with Gasteiger partial charge in [-0.25, -0.2) is 0 Å². The zero-order valence-electron chi connectivity index (χ0n) is 5.59. The Morgan fingerprint density at radius 1 is 1.67 bits per heavy atom. The number of nitrogens with zero attached hydrogens (tertiary/aromatic N) is 1. The molecule has 1 radical (unpaired) electrons. The van der Waals surface area contributed by atoms with Gasteiger partial charge >= 0.3 is 0 Å². The minimum Gasteiger partial charge on any atom is -0.261 e. The smallest absolute Gasteiger partial charge is 0.0439 e. The Kier molecular flexibility index (Phi) is 1.83. The summed E-state index contributed by atoms with van der Waals surface area (Å²) in [4.78, 5) is 4.04. The molecule has 0 amide bonds. The molecule has 0 aliphatic rings. The van der Waals surface area contributed by atoms with Gasteiger partial charge in [-0.3, -0.25) is 4.98 Å². The Morgan fingerprint density at radius 2 is 2.44 bits per heavy atom. The lowest BCUT2D eigenvalue weighted by atomic mass is 10.2. The summed E-state index contributed by atoms with van der Waals surface area (Å²) >= 11 is 0. The molecule has 0 atom stereocenters. The van der Waals surface area contributed by atoms with E-state index in [9.17, 15) is 0 Å². The molecule has 1 nitrogen and oxygen atoms in total. The summed E-state index contributed by atoms with van der Waals surface area (Å²) in [6.45, 7) is 5.88. The van der Waals surface area contributed by atoms with E-state index in [-0.39, 0.29) is 0 Å². The maximum absolute atomic E-state index is 4.04. The monoisotopic (exact) mass is 120 g/mol. The molecular formula is C8H10N. The standard InChI is InChI=1S/C8H10N/c1-3-8-5-4-6-9-7(8)2/h4-6H,2-3H2,1H3. The van der Waals surface area contributed by atoms with Crippen molar-refractivity contribution in [1.82, 2.24) is 4.98 Å². The molecule has 0 spiro atoms. The van der Waals surface area contributed by atoms with Gasteiger partial charge in [-0.05, 0) is 25.0 Å². The maximum atomic E-state index is 4.04. The average Bonchev–Trinajstić information content (AvgIpc) is 1.89. The molecule has 0 saturated heterocycles. The van der Waals surface area contributed by atoms with Crippen LogP contribution < -0.4 is 0 Å². The van der Waals surface area contributed by atoms with Crippen molar-refractivity contribution in [3.8, 4) is 0 Å². The molecule has 0 aromatic carbocycles. The lowest BCUT2D eigenvalue weighted by Crippen LogP contribution is -1.87. The summed E-state index contributed by atoms with van der Waals surface area (Å²) in [5, 5.41) is 0. The first-order valence-corrected chi connectivity index (χ1v) is 3.10. The van der Waals surface area contributed by atoms with Gasteiger partial charge in [0.05, 0.1) is 0 Å². The van der Waals surface area contributed by atoms with Gasteiger partial charge in [0, 0.05) is 11.9 Å². The summed E-state index contributed by atoms with van der Waals surface area (Å²) in [7, 11) is 0. The third-order valence-electron chi connectivity index (χ3n) is 1.37. The van der Waals surface area contributed by atoms with Crippen LogP contribution in [0.15, 0.2) is 18.3 Å². The van der Waals surface area contributed by atoms with Crippen LogP contribution in [0, 0.1) is 6.92 Å². The van der Waals surface area contributed by atoms with Crippen molar-refractivity contribution in [3.63, 3.8) is 0 Å². The van der Waals surface area contributed by atoms with Crippen molar-refractivity contribution in [3.05, 3.63) is 36.5 Å². The van der Waals surface area contributed by atoms with Crippen LogP contribution in [0.25, 0.3) is 0 Å². The minimum absolute atomic E-state index is 0.903. The van der Waals surface area contributed by atoms with Crippen LogP contribution >= 0.6 is 0 Å². The van der Waals surface area contributed by atoms with Crippen molar-refractivity contribution in [2.24, 2.45) is 0 Å². The fourth-order valence-electron chi connectivity index (χ4n) is 0.793. The van der Waals surface area contributed by atoms with Gasteiger partial charge in [0.1, 0.15) is 0 Å². The molecule has 1 aromatic rings. The maximum Gasteiger partial charge on any atom is 0.0439 e. The van der Waals surface area contributed by atoms with Crippen LogP contribution in [-0.4, -0.2) is 4.98 Å². The van der Waals surface area contributed by atoms with E-state index in [0.717, 1.165) is 12.1 Å². The normalized spacial score (nSPS) is 9.56. The van der Waals surface area contributed by atoms with Gasteiger partial charge in [-0.15, -0.1) is 0 Å². The zero-order valence-corrected chi connectivity index (χ0v) is 5.59. The van der Waals surface area contributed by atoms with E-state index >= 15 is 0 Å². The first-order chi connectivity index (χ1) is 4.34. The Bertz CT molecular complexity index is 194. The first kappa shape index (κ1) is 6.27. The summed E-state index contributed by atoms with van der Waals surface area (Å²) < 4.78 is 0. The lowest BCUT2D eigenvalue weighted by molar-refractivity contribution is 1.08. The predicted molar refractivity (Wildman–Crippen MR) is 38.1 cm³/mol. The van der Waals surface area contributed by atoms with E-state index < -0.39 is 0 Å². The minimum atomic E-state index is 0.903. The summed E-state index contributed by atoms with van der Waals surface area (Å²) in [5.41, 5.74) is 2.14. The second-order valence-corrected chi connectivity index (χ2v) is 1.96. The van der Waals surface area contributed by atoms with Crippen molar-refractivity contribution in [2.45, 2.75) is 13.3 Å². The van der Waals surface area contributed by atoms with Gasteiger partial charge < -0.3 is 0 Å². The Labute approximate surface area is 55.7 Å². The number of aryl methyl sites for hydroxylation is 1. The number of rotatable bonds is 1. The van der Waals surface area contributed by atoms with Crippen molar-refractivity contribution >= 4 is 0 Å². The van der Waals surface area contributed by atoms with Gasteiger partial charge in [0.15, 0.2) is 0 Å². The lowest BCUT2D eigenvalue weighted by Gasteiger charge is -1.97. The second-order valence-electron chi connectivity index (χ2n) is 1.96. The Balaban J connectivity index is 3.01. The van der Waals surface area contributed by atoms with E-state index in [1.54, 1.807) is 6.20 Å². The highest BCUT2D eigenvalue weighted by Gasteiger charge is 1.91. The van der Waals surface area contributed by atoms with Gasteiger partial charge in [-0.2, -0.15) is 0 Å². The molecule has 1 heterocycles. The van der Waals surface area contributed by atoms with E-state index in [2.05, 4.69) is 24.9 Å². The molecule has 1 rings (SSSR count). The fraction of sp³-hybridized carbons (Fsp3) is 0.250. The van der Waals surface area contributed by atoms with Gasteiger partial charge in [0.2, 0.25) is 0 Å². The van der Waals surface area contributed by atoms with E-state index in [4.69, 9.17) is 0 Å². The Morgan fingerprint density at radius 3 is 2.89 bits per heavy atom. The van der Waals surface area contributed by atoms with E-state index in [0.29, 0.717) is 0 Å². The largest absolute Gasteiger partial charge is 0.261 e. The highest BCUT2D eigenvalue weighted by Crippen LogP contribution is 2.02. The molecule has 0 aliphatic carbocycles. The molecular weight excluding hydrogens is 110 g/mol. The zero-order chi connectivity index (χ0) is 6.69. The number of hydrogen-bond acceptors (Lipinski definition) is 1. The van der Waals surface area contributed by atoms with Gasteiger partial charge in [-0.1, -0.05) is 13.0 Å². The Hall–Kier alpha value is -0.850. The molecule has 0 saturated carbocycles. The third kappa shape index (κ3) is 1.28. The van der Waals surface area contributed by atoms with Crippen LogP contribution in [-0.2, 0) is 6.42 Å². The molecule has 0 aliphatic heterocycles.